The topological polar surface area (TPSA) is 18.8 Å². The van der Waals surface area contributed by atoms with Crippen LogP contribution in [0.1, 0.15) is 34.7 Å². The Morgan fingerprint density at radius 2 is 1.68 bits per heavy atom. The van der Waals surface area contributed by atoms with Crippen molar-refractivity contribution >= 4 is 6.21 Å². The van der Waals surface area contributed by atoms with Crippen LogP contribution in [0, 0.1) is 13.8 Å². The van der Waals surface area contributed by atoms with E-state index in [0.29, 0.717) is 0 Å². The Hall–Kier alpha value is -2.13. The van der Waals surface area contributed by atoms with Crippen LogP contribution in [0.15, 0.2) is 47.6 Å². The summed E-state index contributed by atoms with van der Waals surface area (Å²) in [6.45, 7) is 11.7. The van der Waals surface area contributed by atoms with E-state index in [0.717, 1.165) is 39.1 Å². The van der Waals surface area contributed by atoms with E-state index < -0.39 is 0 Å². The molecule has 132 valence electrons. The maximum absolute atomic E-state index is 4.66. The lowest BCUT2D eigenvalue weighted by Crippen LogP contribution is -2.43. The molecule has 2 aromatic carbocycles. The van der Waals surface area contributed by atoms with Crippen molar-refractivity contribution in [3.8, 4) is 0 Å². The highest BCUT2D eigenvalue weighted by atomic mass is 15.5. The number of piperazine rings is 1. The first-order valence-corrected chi connectivity index (χ1v) is 9.30. The van der Waals surface area contributed by atoms with Gasteiger partial charge in [-0.25, -0.2) is 0 Å². The zero-order chi connectivity index (χ0) is 17.6. The molecule has 3 rings (SSSR count). The number of aryl methyl sites for hydroxylation is 3. The van der Waals surface area contributed by atoms with E-state index in [1.807, 2.05) is 6.21 Å². The van der Waals surface area contributed by atoms with E-state index in [2.05, 4.69) is 78.2 Å². The second-order valence-electron chi connectivity index (χ2n) is 7.00. The molecule has 0 amide bonds. The van der Waals surface area contributed by atoms with Crippen molar-refractivity contribution in [2.45, 2.75) is 33.7 Å². The van der Waals surface area contributed by atoms with Gasteiger partial charge in [0.05, 0.1) is 6.21 Å². The zero-order valence-electron chi connectivity index (χ0n) is 15.7. The highest BCUT2D eigenvalue weighted by Gasteiger charge is 2.16. The molecule has 1 aliphatic heterocycles. The van der Waals surface area contributed by atoms with Gasteiger partial charge < -0.3 is 0 Å². The molecule has 0 radical (unpaired) electrons. The molecule has 3 nitrogen and oxygen atoms in total. The van der Waals surface area contributed by atoms with Crippen LogP contribution in [0.5, 0.6) is 0 Å². The van der Waals surface area contributed by atoms with Gasteiger partial charge in [0.25, 0.3) is 0 Å². The van der Waals surface area contributed by atoms with Crippen LogP contribution >= 0.6 is 0 Å². The molecular weight excluding hydrogens is 306 g/mol. The Morgan fingerprint density at radius 3 is 2.32 bits per heavy atom. The van der Waals surface area contributed by atoms with Gasteiger partial charge in [0.1, 0.15) is 0 Å². The predicted molar refractivity (Wildman–Crippen MR) is 106 cm³/mol. The molecule has 0 aromatic heterocycles. The summed E-state index contributed by atoms with van der Waals surface area (Å²) in [5.41, 5.74) is 6.73. The molecular formula is C22H29N3. The molecule has 0 saturated carbocycles. The number of benzene rings is 2. The van der Waals surface area contributed by atoms with Crippen molar-refractivity contribution < 1.29 is 0 Å². The fraction of sp³-hybridized carbons (Fsp3) is 0.409. The highest BCUT2D eigenvalue weighted by Crippen LogP contribution is 2.14. The van der Waals surface area contributed by atoms with E-state index in [9.17, 15) is 0 Å². The molecule has 0 unspecified atom stereocenters. The van der Waals surface area contributed by atoms with Crippen LogP contribution in [0.25, 0.3) is 0 Å². The number of hydrogen-bond acceptors (Lipinski definition) is 3. The Balaban J connectivity index is 1.50. The van der Waals surface area contributed by atoms with E-state index >= 15 is 0 Å². The average Bonchev–Trinajstić information content (AvgIpc) is 2.64. The summed E-state index contributed by atoms with van der Waals surface area (Å²) >= 11 is 0. The lowest BCUT2D eigenvalue weighted by atomic mass is 10.1. The minimum Gasteiger partial charge on any atom is -0.295 e. The lowest BCUT2D eigenvalue weighted by molar-refractivity contribution is 0.131. The normalized spacial score (nSPS) is 15.9. The minimum atomic E-state index is 0.994. The second-order valence-corrected chi connectivity index (χ2v) is 7.00. The molecule has 1 saturated heterocycles. The van der Waals surface area contributed by atoms with E-state index in [-0.39, 0.29) is 0 Å². The maximum atomic E-state index is 4.66. The average molecular weight is 335 g/mol. The summed E-state index contributed by atoms with van der Waals surface area (Å²) in [7, 11) is 0. The van der Waals surface area contributed by atoms with Crippen LogP contribution < -0.4 is 0 Å². The van der Waals surface area contributed by atoms with Crippen molar-refractivity contribution in [1.82, 2.24) is 9.91 Å². The van der Waals surface area contributed by atoms with Gasteiger partial charge in [-0.05, 0) is 42.5 Å². The van der Waals surface area contributed by atoms with Crippen molar-refractivity contribution in [2.24, 2.45) is 5.10 Å². The van der Waals surface area contributed by atoms with E-state index in [1.165, 1.54) is 27.8 Å². The quantitative estimate of drug-likeness (QED) is 0.769. The van der Waals surface area contributed by atoms with Crippen molar-refractivity contribution in [3.05, 3.63) is 70.3 Å². The Morgan fingerprint density at radius 1 is 0.960 bits per heavy atom. The molecule has 0 spiro atoms. The largest absolute Gasteiger partial charge is 0.295 e. The van der Waals surface area contributed by atoms with Crippen molar-refractivity contribution in [1.29, 1.82) is 0 Å². The highest BCUT2D eigenvalue weighted by molar-refractivity contribution is 5.79. The first-order chi connectivity index (χ1) is 12.1. The van der Waals surface area contributed by atoms with Crippen molar-refractivity contribution in [2.75, 3.05) is 26.2 Å². The lowest BCUT2D eigenvalue weighted by Gasteiger charge is -2.33. The maximum Gasteiger partial charge on any atom is 0.0542 e. The summed E-state index contributed by atoms with van der Waals surface area (Å²) in [4.78, 5) is 2.53. The number of nitrogens with zero attached hydrogens (tertiary/aromatic N) is 3. The summed E-state index contributed by atoms with van der Waals surface area (Å²) in [5, 5.41) is 6.85. The molecule has 0 N–H and O–H groups in total. The molecule has 2 aromatic rings. The van der Waals surface area contributed by atoms with Gasteiger partial charge in [0.15, 0.2) is 0 Å². The Labute approximate surface area is 152 Å². The molecule has 1 fully saturated rings. The molecule has 0 bridgehead atoms. The molecule has 1 aliphatic rings. The van der Waals surface area contributed by atoms with Gasteiger partial charge in [0, 0.05) is 32.7 Å². The zero-order valence-corrected chi connectivity index (χ0v) is 15.7. The van der Waals surface area contributed by atoms with Gasteiger partial charge in [0.2, 0.25) is 0 Å². The monoisotopic (exact) mass is 335 g/mol. The van der Waals surface area contributed by atoms with Gasteiger partial charge in [-0.1, -0.05) is 55.0 Å². The van der Waals surface area contributed by atoms with Crippen molar-refractivity contribution in [3.63, 3.8) is 0 Å². The number of hydrazone groups is 1. The molecule has 25 heavy (non-hydrogen) atoms. The smallest absolute Gasteiger partial charge is 0.0542 e. The Bertz CT molecular complexity index is 711. The fourth-order valence-electron chi connectivity index (χ4n) is 3.26. The number of rotatable bonds is 5. The summed E-state index contributed by atoms with van der Waals surface area (Å²) < 4.78 is 0. The molecule has 0 atom stereocenters. The van der Waals surface area contributed by atoms with Gasteiger partial charge >= 0.3 is 0 Å². The SMILES string of the molecule is CCc1ccc(/C=N/N2CCN(Cc3ccc(C)cc3C)CC2)cc1. The number of hydrogen-bond donors (Lipinski definition) is 0. The molecule has 3 heteroatoms. The Kier molecular flexibility index (Phi) is 5.87. The molecule has 0 aliphatic carbocycles. The fourth-order valence-corrected chi connectivity index (χ4v) is 3.26. The van der Waals surface area contributed by atoms with Crippen LogP contribution in [0.4, 0.5) is 0 Å². The predicted octanol–water partition coefficient (Wildman–Crippen LogP) is 4.02. The van der Waals surface area contributed by atoms with E-state index in [1.54, 1.807) is 0 Å². The summed E-state index contributed by atoms with van der Waals surface area (Å²) in [5.74, 6) is 0. The van der Waals surface area contributed by atoms with Crippen LogP contribution in [0.3, 0.4) is 0 Å². The second kappa shape index (κ2) is 8.30. The summed E-state index contributed by atoms with van der Waals surface area (Å²) in [6.07, 6.45) is 3.07. The van der Waals surface area contributed by atoms with Gasteiger partial charge in [-0.15, -0.1) is 0 Å². The van der Waals surface area contributed by atoms with Crippen LogP contribution in [0.2, 0.25) is 0 Å². The standard InChI is InChI=1S/C22H29N3/c1-4-20-6-8-21(9-7-20)16-23-25-13-11-24(12-14-25)17-22-10-5-18(2)15-19(22)3/h5-10,15-16H,4,11-14,17H2,1-3H3/b23-16+. The van der Waals surface area contributed by atoms with Gasteiger partial charge in [-0.2, -0.15) is 5.10 Å². The third-order valence-corrected chi connectivity index (χ3v) is 5.00. The first-order valence-electron chi connectivity index (χ1n) is 9.30. The van der Waals surface area contributed by atoms with E-state index in [4.69, 9.17) is 0 Å². The van der Waals surface area contributed by atoms with Gasteiger partial charge in [-0.3, -0.25) is 9.91 Å². The van der Waals surface area contributed by atoms with Crippen LogP contribution in [-0.2, 0) is 13.0 Å². The van der Waals surface area contributed by atoms with Crippen LogP contribution in [-0.4, -0.2) is 42.3 Å². The summed E-state index contributed by atoms with van der Waals surface area (Å²) in [6, 6.07) is 15.4. The third-order valence-electron chi connectivity index (χ3n) is 5.00. The molecule has 1 heterocycles. The first kappa shape index (κ1) is 17.7. The minimum absolute atomic E-state index is 0.994. The third kappa shape index (κ3) is 4.93.